The number of carbonyl (C=O) groups is 1. The van der Waals surface area contributed by atoms with Gasteiger partial charge in [0.05, 0.1) is 12.3 Å². The number of hydrogen-bond donors (Lipinski definition) is 1. The summed E-state index contributed by atoms with van der Waals surface area (Å²) in [5, 5.41) is 7.72. The van der Waals surface area contributed by atoms with Crippen molar-refractivity contribution in [2.75, 3.05) is 13.2 Å². The van der Waals surface area contributed by atoms with E-state index in [1.807, 2.05) is 6.92 Å². The fourth-order valence-corrected chi connectivity index (χ4v) is 1.60. The molecule has 0 spiro atoms. The number of nitrogens with two attached hydrogens (primary N) is 1. The first-order valence-electron chi connectivity index (χ1n) is 4.42. The van der Waals surface area contributed by atoms with Gasteiger partial charge in [-0.1, -0.05) is 5.21 Å². The van der Waals surface area contributed by atoms with Crippen molar-refractivity contribution < 1.29 is 9.53 Å². The van der Waals surface area contributed by atoms with Gasteiger partial charge in [0, 0.05) is 19.2 Å². The van der Waals surface area contributed by atoms with Gasteiger partial charge in [-0.2, -0.15) is 0 Å². The molecule has 1 aromatic rings. The second-order valence-corrected chi connectivity index (χ2v) is 3.50. The molecule has 1 atom stereocenters. The molecular formula is C8H12N4O2. The Kier molecular flexibility index (Phi) is 1.99. The Hall–Kier alpha value is -1.43. The molecule has 2 rings (SSSR count). The van der Waals surface area contributed by atoms with E-state index in [-0.39, 0.29) is 6.61 Å². The SMILES string of the molecule is Cc1cn(C2(C(N)=O)CCOC2)nn1. The van der Waals surface area contributed by atoms with Crippen molar-refractivity contribution >= 4 is 5.91 Å². The summed E-state index contributed by atoms with van der Waals surface area (Å²) in [6, 6.07) is 0. The Morgan fingerprint density at radius 2 is 2.57 bits per heavy atom. The van der Waals surface area contributed by atoms with E-state index < -0.39 is 11.4 Å². The Morgan fingerprint density at radius 3 is 3.00 bits per heavy atom. The third-order valence-corrected chi connectivity index (χ3v) is 2.51. The zero-order valence-electron chi connectivity index (χ0n) is 7.93. The van der Waals surface area contributed by atoms with Crippen LogP contribution in [0.4, 0.5) is 0 Å². The van der Waals surface area contributed by atoms with Gasteiger partial charge in [-0.25, -0.2) is 4.68 Å². The molecule has 1 saturated heterocycles. The molecule has 0 bridgehead atoms. The van der Waals surface area contributed by atoms with Crippen LogP contribution in [-0.2, 0) is 15.1 Å². The predicted molar refractivity (Wildman–Crippen MR) is 47.4 cm³/mol. The lowest BCUT2D eigenvalue weighted by Crippen LogP contribution is -2.47. The second-order valence-electron chi connectivity index (χ2n) is 3.50. The number of hydrogen-bond acceptors (Lipinski definition) is 4. The maximum atomic E-state index is 11.4. The van der Waals surface area contributed by atoms with Gasteiger partial charge >= 0.3 is 0 Å². The summed E-state index contributed by atoms with van der Waals surface area (Å²) in [5.41, 5.74) is 5.30. The standard InChI is InChI=1S/C8H12N4O2/c1-6-4-12(11-10-6)8(7(9)13)2-3-14-5-8/h4H,2-3,5H2,1H3,(H2,9,13). The summed E-state index contributed by atoms with van der Waals surface area (Å²) >= 11 is 0. The van der Waals surface area contributed by atoms with E-state index in [0.29, 0.717) is 13.0 Å². The normalized spacial score (nSPS) is 26.6. The molecule has 6 nitrogen and oxygen atoms in total. The van der Waals surface area contributed by atoms with E-state index in [1.54, 1.807) is 6.20 Å². The molecule has 1 aliphatic heterocycles. The molecule has 6 heteroatoms. The quantitative estimate of drug-likeness (QED) is 0.670. The lowest BCUT2D eigenvalue weighted by atomic mass is 9.98. The summed E-state index contributed by atoms with van der Waals surface area (Å²) in [5.74, 6) is -0.417. The Balaban J connectivity index is 2.41. The van der Waals surface area contributed by atoms with E-state index in [2.05, 4.69) is 10.3 Å². The van der Waals surface area contributed by atoms with Crippen LogP contribution in [0, 0.1) is 6.92 Å². The Labute approximate surface area is 81.0 Å². The lowest BCUT2D eigenvalue weighted by molar-refractivity contribution is -0.127. The summed E-state index contributed by atoms with van der Waals surface area (Å²) < 4.78 is 6.71. The van der Waals surface area contributed by atoms with Crippen LogP contribution in [0.15, 0.2) is 6.20 Å². The third kappa shape index (κ3) is 1.19. The Morgan fingerprint density at radius 1 is 1.79 bits per heavy atom. The highest BCUT2D eigenvalue weighted by Gasteiger charge is 2.43. The number of nitrogens with zero attached hydrogens (tertiary/aromatic N) is 3. The van der Waals surface area contributed by atoms with Gasteiger partial charge in [0.2, 0.25) is 5.91 Å². The maximum absolute atomic E-state index is 11.4. The number of amides is 1. The van der Waals surface area contributed by atoms with Gasteiger partial charge in [0.15, 0.2) is 5.54 Å². The smallest absolute Gasteiger partial charge is 0.247 e. The van der Waals surface area contributed by atoms with Gasteiger partial charge in [0.1, 0.15) is 0 Å². The molecule has 14 heavy (non-hydrogen) atoms. The molecule has 0 radical (unpaired) electrons. The first-order valence-corrected chi connectivity index (χ1v) is 4.42. The molecule has 2 heterocycles. The van der Waals surface area contributed by atoms with E-state index in [1.165, 1.54) is 4.68 Å². The molecule has 1 amide bonds. The fourth-order valence-electron chi connectivity index (χ4n) is 1.60. The van der Waals surface area contributed by atoms with Crippen molar-refractivity contribution in [2.24, 2.45) is 5.73 Å². The highest BCUT2D eigenvalue weighted by Crippen LogP contribution is 2.26. The van der Waals surface area contributed by atoms with E-state index >= 15 is 0 Å². The number of aromatic nitrogens is 3. The molecule has 1 unspecified atom stereocenters. The van der Waals surface area contributed by atoms with Gasteiger partial charge in [-0.15, -0.1) is 5.10 Å². The summed E-state index contributed by atoms with van der Waals surface area (Å²) in [4.78, 5) is 11.4. The minimum Gasteiger partial charge on any atom is -0.378 e. The van der Waals surface area contributed by atoms with Crippen molar-refractivity contribution in [2.45, 2.75) is 18.9 Å². The van der Waals surface area contributed by atoms with Crippen molar-refractivity contribution in [1.82, 2.24) is 15.0 Å². The number of carbonyl (C=O) groups excluding carboxylic acids is 1. The van der Waals surface area contributed by atoms with Crippen LogP contribution >= 0.6 is 0 Å². The first kappa shape index (κ1) is 9.14. The number of rotatable bonds is 2. The first-order chi connectivity index (χ1) is 6.65. The van der Waals surface area contributed by atoms with Crippen LogP contribution in [0.25, 0.3) is 0 Å². The minimum absolute atomic E-state index is 0.283. The average Bonchev–Trinajstić information content (AvgIpc) is 2.71. The molecule has 0 saturated carbocycles. The summed E-state index contributed by atoms with van der Waals surface area (Å²) in [7, 11) is 0. The van der Waals surface area contributed by atoms with E-state index in [4.69, 9.17) is 10.5 Å². The van der Waals surface area contributed by atoms with Crippen LogP contribution in [0.2, 0.25) is 0 Å². The van der Waals surface area contributed by atoms with Crippen molar-refractivity contribution in [3.05, 3.63) is 11.9 Å². The summed E-state index contributed by atoms with van der Waals surface area (Å²) in [6.45, 7) is 2.63. The molecule has 1 aliphatic rings. The van der Waals surface area contributed by atoms with Gasteiger partial charge in [0.25, 0.3) is 0 Å². The molecule has 0 aliphatic carbocycles. The van der Waals surface area contributed by atoms with Crippen molar-refractivity contribution in [1.29, 1.82) is 0 Å². The molecule has 0 aromatic carbocycles. The molecule has 76 valence electrons. The van der Waals surface area contributed by atoms with Crippen LogP contribution in [0.5, 0.6) is 0 Å². The fraction of sp³-hybridized carbons (Fsp3) is 0.625. The van der Waals surface area contributed by atoms with Crippen LogP contribution < -0.4 is 5.73 Å². The van der Waals surface area contributed by atoms with Crippen molar-refractivity contribution in [3.8, 4) is 0 Å². The number of primary amides is 1. The van der Waals surface area contributed by atoms with Crippen molar-refractivity contribution in [3.63, 3.8) is 0 Å². The summed E-state index contributed by atoms with van der Waals surface area (Å²) in [6.07, 6.45) is 2.27. The highest BCUT2D eigenvalue weighted by atomic mass is 16.5. The second kappa shape index (κ2) is 3.06. The predicted octanol–water partition coefficient (Wildman–Crippen LogP) is -0.813. The van der Waals surface area contributed by atoms with E-state index in [0.717, 1.165) is 5.69 Å². The zero-order valence-corrected chi connectivity index (χ0v) is 7.93. The monoisotopic (exact) mass is 196 g/mol. The van der Waals surface area contributed by atoms with Gasteiger partial charge in [-0.05, 0) is 6.92 Å². The Bertz CT molecular complexity index is 354. The van der Waals surface area contributed by atoms with E-state index in [9.17, 15) is 4.79 Å². The number of ether oxygens (including phenoxy) is 1. The minimum atomic E-state index is -0.832. The molecule has 1 aromatic heterocycles. The van der Waals surface area contributed by atoms with Gasteiger partial charge < -0.3 is 10.5 Å². The average molecular weight is 196 g/mol. The number of aryl methyl sites for hydroxylation is 1. The molecule has 1 fully saturated rings. The largest absolute Gasteiger partial charge is 0.378 e. The van der Waals surface area contributed by atoms with Gasteiger partial charge in [-0.3, -0.25) is 4.79 Å². The van der Waals surface area contributed by atoms with Crippen LogP contribution in [0.3, 0.4) is 0 Å². The zero-order chi connectivity index (χ0) is 10.2. The van der Waals surface area contributed by atoms with Crippen LogP contribution in [-0.4, -0.2) is 34.1 Å². The molecule has 2 N–H and O–H groups in total. The topological polar surface area (TPSA) is 83.0 Å². The lowest BCUT2D eigenvalue weighted by Gasteiger charge is -2.22. The third-order valence-electron chi connectivity index (χ3n) is 2.51. The highest BCUT2D eigenvalue weighted by molar-refractivity contribution is 5.83. The van der Waals surface area contributed by atoms with Crippen LogP contribution in [0.1, 0.15) is 12.1 Å². The molecular weight excluding hydrogens is 184 g/mol. The maximum Gasteiger partial charge on any atom is 0.247 e.